The summed E-state index contributed by atoms with van der Waals surface area (Å²) in [5, 5.41) is 17.7. The highest BCUT2D eigenvalue weighted by Gasteiger charge is 2.38. The molecule has 15 nitrogen and oxygen atoms in total. The fourth-order valence-corrected chi connectivity index (χ4v) is 9.22. The van der Waals surface area contributed by atoms with Crippen LogP contribution in [0, 0.1) is 17.8 Å². The Hall–Kier alpha value is -4.96. The zero-order valence-electron chi connectivity index (χ0n) is 38.0. The van der Waals surface area contributed by atoms with Gasteiger partial charge in [0.2, 0.25) is 11.8 Å². The molecule has 0 spiro atoms. The Morgan fingerprint density at radius 1 is 0.937 bits per heavy atom. The predicted molar refractivity (Wildman–Crippen MR) is 240 cm³/mol. The summed E-state index contributed by atoms with van der Waals surface area (Å²) in [5.74, 6) is -3.88. The first-order valence-electron chi connectivity index (χ1n) is 22.5. The number of piperidine rings is 1. The van der Waals surface area contributed by atoms with Crippen LogP contribution in [0.1, 0.15) is 133 Å². The number of hydrogen-bond donors (Lipinski definition) is 3. The Bertz CT molecular complexity index is 1890. The maximum atomic E-state index is 14.5. The molecule has 1 fully saturated rings. The van der Waals surface area contributed by atoms with Gasteiger partial charge in [-0.3, -0.25) is 43.4 Å². The number of carbonyl (C=O) groups excluding carboxylic acids is 6. The van der Waals surface area contributed by atoms with E-state index in [1.54, 1.807) is 24.3 Å². The Kier molecular flexibility index (Phi) is 19.9. The van der Waals surface area contributed by atoms with E-state index in [0.29, 0.717) is 30.8 Å². The van der Waals surface area contributed by atoms with Gasteiger partial charge in [-0.05, 0) is 69.0 Å². The number of carboxylic acid groups (broad SMARTS) is 1. The fraction of sp³-hybridized carbons (Fsp3) is 0.617. The highest BCUT2D eigenvalue weighted by molar-refractivity contribution is 7.09. The third-order valence-corrected chi connectivity index (χ3v) is 13.2. The van der Waals surface area contributed by atoms with E-state index in [0.717, 1.165) is 57.2 Å². The van der Waals surface area contributed by atoms with Crippen molar-refractivity contribution in [3.63, 3.8) is 0 Å². The fourth-order valence-electron chi connectivity index (χ4n) is 8.38. The number of ether oxygens (including phenoxy) is 1. The van der Waals surface area contributed by atoms with Crippen molar-refractivity contribution in [2.45, 2.75) is 142 Å². The lowest BCUT2D eigenvalue weighted by atomic mass is 9.92. The summed E-state index contributed by atoms with van der Waals surface area (Å²) in [6.45, 7) is 12.7. The lowest BCUT2D eigenvalue weighted by molar-refractivity contribution is -0.149. The minimum Gasteiger partial charge on any atom is -0.481 e. The number of thiazole rings is 1. The van der Waals surface area contributed by atoms with Gasteiger partial charge in [0.05, 0.1) is 12.0 Å². The highest BCUT2D eigenvalue weighted by Crippen LogP contribution is 2.31. The molecule has 0 unspecified atom stereocenters. The van der Waals surface area contributed by atoms with Crippen molar-refractivity contribution in [1.82, 2.24) is 30.3 Å². The number of imide groups is 1. The van der Waals surface area contributed by atoms with Crippen LogP contribution in [0.5, 0.6) is 0 Å². The number of carbonyl (C=O) groups is 7. The van der Waals surface area contributed by atoms with Gasteiger partial charge in [0.25, 0.3) is 17.7 Å². The second-order valence-corrected chi connectivity index (χ2v) is 18.4. The molecular weight excluding hydrogens is 825 g/mol. The second-order valence-electron chi connectivity index (χ2n) is 17.5. The average Bonchev–Trinajstić information content (AvgIpc) is 3.88. The van der Waals surface area contributed by atoms with Gasteiger partial charge in [-0.1, -0.05) is 90.6 Å². The van der Waals surface area contributed by atoms with E-state index in [1.165, 1.54) is 35.3 Å². The van der Waals surface area contributed by atoms with Crippen molar-refractivity contribution >= 4 is 52.8 Å². The van der Waals surface area contributed by atoms with E-state index < -0.39 is 48.0 Å². The average molecular weight is 893 g/mol. The number of likely N-dealkylation sites (tertiary alicyclic amines) is 1. The number of carboxylic acids is 1. The molecule has 16 heteroatoms. The van der Waals surface area contributed by atoms with Crippen LogP contribution in [0.4, 0.5) is 0 Å². The first-order valence-corrected chi connectivity index (χ1v) is 23.4. The van der Waals surface area contributed by atoms with Gasteiger partial charge in [0.1, 0.15) is 16.7 Å². The molecule has 0 radical (unpaired) electrons. The van der Waals surface area contributed by atoms with Crippen molar-refractivity contribution in [3.05, 3.63) is 64.1 Å². The third kappa shape index (κ3) is 15.1. The van der Waals surface area contributed by atoms with Gasteiger partial charge in [0.15, 0.2) is 6.10 Å². The van der Waals surface area contributed by atoms with Crippen LogP contribution in [-0.4, -0.2) is 117 Å². The van der Waals surface area contributed by atoms with Gasteiger partial charge in [-0.25, -0.2) is 4.98 Å². The Morgan fingerprint density at radius 2 is 1.60 bits per heavy atom. The van der Waals surface area contributed by atoms with Crippen LogP contribution in [0.15, 0.2) is 47.9 Å². The molecule has 0 saturated carbocycles. The molecule has 63 heavy (non-hydrogen) atoms. The second kappa shape index (κ2) is 24.8. The highest BCUT2D eigenvalue weighted by atomic mass is 32.1. The number of aromatic nitrogens is 1. The number of aliphatic carboxylic acids is 1. The maximum absolute atomic E-state index is 14.5. The molecule has 0 bridgehead atoms. The largest absolute Gasteiger partial charge is 0.481 e. The van der Waals surface area contributed by atoms with E-state index >= 15 is 0 Å². The number of hydrogen-bond acceptors (Lipinski definition) is 11. The van der Waals surface area contributed by atoms with Crippen molar-refractivity contribution in [1.29, 1.82) is 0 Å². The lowest BCUT2D eigenvalue weighted by Gasteiger charge is -2.39. The smallest absolute Gasteiger partial charge is 0.306 e. The third-order valence-electron chi connectivity index (χ3n) is 12.3. The zero-order chi connectivity index (χ0) is 46.2. The summed E-state index contributed by atoms with van der Waals surface area (Å²) in [6.07, 6.45) is 9.15. The molecule has 2 aliphatic rings. The number of nitrogens with zero attached hydrogens (tertiary/aromatic N) is 4. The normalized spacial score (nSPS) is 18.3. The van der Waals surface area contributed by atoms with Gasteiger partial charge in [0, 0.05) is 56.6 Å². The summed E-state index contributed by atoms with van der Waals surface area (Å²) in [4.78, 5) is 99.8. The lowest BCUT2D eigenvalue weighted by Crippen LogP contribution is -2.58. The molecule has 3 N–H and O–H groups in total. The van der Waals surface area contributed by atoms with E-state index in [9.17, 15) is 38.7 Å². The molecule has 2 aromatic rings. The van der Waals surface area contributed by atoms with Crippen LogP contribution in [-0.2, 0) is 39.9 Å². The first-order chi connectivity index (χ1) is 30.0. The van der Waals surface area contributed by atoms with Gasteiger partial charge < -0.3 is 25.4 Å². The van der Waals surface area contributed by atoms with Crippen LogP contribution in [0.3, 0.4) is 0 Å². The minimum atomic E-state index is -0.956. The number of rotatable bonds is 25. The van der Waals surface area contributed by atoms with Gasteiger partial charge >= 0.3 is 11.9 Å². The van der Waals surface area contributed by atoms with E-state index in [2.05, 4.69) is 20.5 Å². The molecule has 7 atom stereocenters. The summed E-state index contributed by atoms with van der Waals surface area (Å²) in [6, 6.07) is 7.42. The monoisotopic (exact) mass is 892 g/mol. The van der Waals surface area contributed by atoms with Crippen molar-refractivity contribution < 1.29 is 43.4 Å². The number of nitrogens with one attached hydrogen (secondary N) is 2. The molecule has 5 amide bonds. The maximum Gasteiger partial charge on any atom is 0.306 e. The molecule has 3 heterocycles. The SMILES string of the molecule is CC[C@H](C)[C@H](NC(=O)[C@H]1CCCCN1CCCCCCN1C(=O)C=CC1=O)C(=O)N(C)[C@H](C[C@@H](OC(C)=O)c1nc(C(=O)N[C@@H](Cc2ccccc2)C[C@H](C)C(=O)O)cs1)C(C)C. The van der Waals surface area contributed by atoms with Crippen LogP contribution in [0.25, 0.3) is 0 Å². The standard InChI is InChI=1S/C47H68N6O9S/c1-8-31(4)42(50-44(58)37-20-14-17-24-52(37)23-15-9-10-16-25-53-40(55)21-22-41(53)56)46(59)51(7)38(30(2)3)28-39(62-33(6)54)45-49-36(29-63-45)43(57)48-35(26-32(5)47(60)61)27-34-18-12-11-13-19-34/h11-13,18-19,21-22,29-32,35,37-39,42H,8-10,14-17,20,23-28H2,1-7H3,(H,48,57)(H,50,58)(H,60,61)/t31-,32-,35+,37+,38+,39+,42-/m0/s1. The van der Waals surface area contributed by atoms with Gasteiger partial charge in [-0.15, -0.1) is 11.3 Å². The van der Waals surface area contributed by atoms with Crippen LogP contribution in [0.2, 0.25) is 0 Å². The molecule has 1 aromatic heterocycles. The number of unbranched alkanes of at least 4 members (excludes halogenated alkanes) is 3. The molecular formula is C47H68N6O9S. The first kappa shape index (κ1) is 50.7. The van der Waals surface area contributed by atoms with E-state index in [4.69, 9.17) is 4.74 Å². The predicted octanol–water partition coefficient (Wildman–Crippen LogP) is 5.94. The molecule has 2 aliphatic heterocycles. The number of likely N-dealkylation sites (N-methyl/N-ethyl adjacent to an activating group) is 1. The van der Waals surface area contributed by atoms with Gasteiger partial charge in [-0.2, -0.15) is 0 Å². The molecule has 0 aliphatic carbocycles. The van der Waals surface area contributed by atoms with E-state index in [1.807, 2.05) is 58.0 Å². The van der Waals surface area contributed by atoms with Crippen LogP contribution < -0.4 is 10.6 Å². The number of esters is 1. The Labute approximate surface area is 376 Å². The van der Waals surface area contributed by atoms with E-state index in [-0.39, 0.29) is 60.0 Å². The summed E-state index contributed by atoms with van der Waals surface area (Å²) >= 11 is 1.17. The minimum absolute atomic E-state index is 0.0928. The van der Waals surface area contributed by atoms with Crippen molar-refractivity contribution in [2.24, 2.45) is 17.8 Å². The number of benzene rings is 1. The summed E-state index contributed by atoms with van der Waals surface area (Å²) in [5.41, 5.74) is 1.06. The van der Waals surface area contributed by atoms with Crippen LogP contribution >= 0.6 is 11.3 Å². The Morgan fingerprint density at radius 3 is 2.22 bits per heavy atom. The quantitative estimate of drug-likeness (QED) is 0.0606. The number of amides is 5. The molecule has 346 valence electrons. The molecule has 1 aromatic carbocycles. The topological polar surface area (TPSA) is 196 Å². The van der Waals surface area contributed by atoms with Crippen molar-refractivity contribution in [3.8, 4) is 0 Å². The summed E-state index contributed by atoms with van der Waals surface area (Å²) < 4.78 is 5.82. The van der Waals surface area contributed by atoms with Crippen molar-refractivity contribution in [2.75, 3.05) is 26.7 Å². The zero-order valence-corrected chi connectivity index (χ0v) is 38.9. The summed E-state index contributed by atoms with van der Waals surface area (Å²) in [7, 11) is 1.71. The molecule has 1 saturated heterocycles. The Balaban J connectivity index is 1.42. The molecule has 4 rings (SSSR count).